The van der Waals surface area contributed by atoms with Crippen molar-refractivity contribution >= 4 is 22.5 Å². The number of rotatable bonds is 5. The van der Waals surface area contributed by atoms with Gasteiger partial charge < -0.3 is 19.1 Å². The molecule has 0 saturated carbocycles. The lowest BCUT2D eigenvalue weighted by Crippen LogP contribution is -2.49. The molecule has 0 atom stereocenters. The molecular formula is C23H22F3N3O3. The van der Waals surface area contributed by atoms with E-state index in [0.29, 0.717) is 26.2 Å². The van der Waals surface area contributed by atoms with Crippen molar-refractivity contribution in [2.75, 3.05) is 44.9 Å². The zero-order valence-electron chi connectivity index (χ0n) is 17.5. The van der Waals surface area contributed by atoms with Crippen LogP contribution in [0.3, 0.4) is 0 Å². The van der Waals surface area contributed by atoms with Crippen LogP contribution < -0.4 is 15.1 Å². The molecule has 1 saturated heterocycles. The van der Waals surface area contributed by atoms with Crippen LogP contribution in [0, 0.1) is 11.6 Å². The number of hydrogen-bond donors (Lipinski definition) is 0. The van der Waals surface area contributed by atoms with E-state index < -0.39 is 35.4 Å². The first-order valence-corrected chi connectivity index (χ1v) is 10.2. The SMILES string of the molecule is COc1c(F)cc2c(=O)c(C(=O)N3CCN(c4ccccc4)CC3)cn(CCF)c2c1F. The summed E-state index contributed by atoms with van der Waals surface area (Å²) in [5.41, 5.74) is -0.305. The van der Waals surface area contributed by atoms with Gasteiger partial charge in [-0.3, -0.25) is 9.59 Å². The number of para-hydroxylation sites is 1. The van der Waals surface area contributed by atoms with Crippen LogP contribution >= 0.6 is 0 Å². The molecule has 0 unspecified atom stereocenters. The van der Waals surface area contributed by atoms with Crippen molar-refractivity contribution in [1.82, 2.24) is 9.47 Å². The van der Waals surface area contributed by atoms with E-state index >= 15 is 0 Å². The number of carbonyl (C=O) groups is 1. The Hall–Kier alpha value is -3.49. The largest absolute Gasteiger partial charge is 0.491 e. The molecule has 9 heteroatoms. The van der Waals surface area contributed by atoms with Gasteiger partial charge in [0.25, 0.3) is 5.91 Å². The van der Waals surface area contributed by atoms with Gasteiger partial charge in [-0.1, -0.05) is 18.2 Å². The number of ether oxygens (including phenoxy) is 1. The number of alkyl halides is 1. The predicted octanol–water partition coefficient (Wildman–Crippen LogP) is 3.22. The van der Waals surface area contributed by atoms with E-state index in [0.717, 1.165) is 29.6 Å². The minimum atomic E-state index is -1.11. The third-order valence-corrected chi connectivity index (χ3v) is 5.66. The summed E-state index contributed by atoms with van der Waals surface area (Å²) in [5, 5.41) is -0.331. The van der Waals surface area contributed by atoms with Crippen LogP contribution in [0.4, 0.5) is 18.9 Å². The number of amides is 1. The summed E-state index contributed by atoms with van der Waals surface area (Å²) in [6.45, 7) is 0.731. The monoisotopic (exact) mass is 445 g/mol. The molecule has 1 amide bonds. The Morgan fingerprint density at radius 3 is 2.41 bits per heavy atom. The fourth-order valence-corrected chi connectivity index (χ4v) is 4.05. The molecule has 0 bridgehead atoms. The number of aryl methyl sites for hydroxylation is 1. The number of carbonyl (C=O) groups excluding carboxylic acids is 1. The molecule has 6 nitrogen and oxygen atoms in total. The van der Waals surface area contributed by atoms with Gasteiger partial charge in [0.1, 0.15) is 12.2 Å². The predicted molar refractivity (Wildman–Crippen MR) is 115 cm³/mol. The van der Waals surface area contributed by atoms with Crippen LogP contribution in [-0.2, 0) is 6.54 Å². The molecule has 0 radical (unpaired) electrons. The van der Waals surface area contributed by atoms with E-state index in [9.17, 15) is 22.8 Å². The molecular weight excluding hydrogens is 423 g/mol. The number of anilines is 1. The van der Waals surface area contributed by atoms with Crippen molar-refractivity contribution in [3.63, 3.8) is 0 Å². The summed E-state index contributed by atoms with van der Waals surface area (Å²) in [7, 11) is 1.10. The van der Waals surface area contributed by atoms with Gasteiger partial charge in [-0.25, -0.2) is 13.2 Å². The zero-order valence-corrected chi connectivity index (χ0v) is 17.5. The van der Waals surface area contributed by atoms with E-state index in [4.69, 9.17) is 4.74 Å². The van der Waals surface area contributed by atoms with Crippen LogP contribution in [0.2, 0.25) is 0 Å². The minimum absolute atomic E-state index is 0.247. The first-order chi connectivity index (χ1) is 15.5. The molecule has 1 fully saturated rings. The standard InChI is InChI=1S/C23H22F3N3O3/c1-32-22-18(25)13-16-20(19(22)26)29(8-7-24)14-17(21(16)30)23(31)28-11-9-27(10-12-28)15-5-3-2-4-6-15/h2-6,13-14H,7-12H2,1H3. The van der Waals surface area contributed by atoms with Crippen LogP contribution in [0.1, 0.15) is 10.4 Å². The van der Waals surface area contributed by atoms with Gasteiger partial charge in [0.05, 0.1) is 24.6 Å². The zero-order chi connectivity index (χ0) is 22.8. The van der Waals surface area contributed by atoms with Crippen molar-refractivity contribution in [2.45, 2.75) is 6.54 Å². The Balaban J connectivity index is 1.69. The summed E-state index contributed by atoms with van der Waals surface area (Å²) in [6.07, 6.45) is 1.15. The second kappa shape index (κ2) is 8.94. The van der Waals surface area contributed by atoms with Crippen LogP contribution in [0.15, 0.2) is 47.4 Å². The summed E-state index contributed by atoms with van der Waals surface area (Å²) in [5.74, 6) is -3.39. The summed E-state index contributed by atoms with van der Waals surface area (Å²) in [4.78, 5) is 29.8. The normalized spacial score (nSPS) is 14.1. The summed E-state index contributed by atoms with van der Waals surface area (Å²) in [6, 6.07) is 10.6. The van der Waals surface area contributed by atoms with Crippen LogP contribution in [-0.4, -0.2) is 55.3 Å². The van der Waals surface area contributed by atoms with Crippen molar-refractivity contribution in [3.05, 3.63) is 70.0 Å². The molecule has 1 aromatic heterocycles. The first-order valence-electron chi connectivity index (χ1n) is 10.2. The van der Waals surface area contributed by atoms with Crippen molar-refractivity contribution in [2.24, 2.45) is 0 Å². The van der Waals surface area contributed by atoms with Gasteiger partial charge in [0.15, 0.2) is 17.4 Å². The number of halogens is 3. The first kappa shape index (κ1) is 21.7. The second-order valence-corrected chi connectivity index (χ2v) is 7.47. The molecule has 2 heterocycles. The fourth-order valence-electron chi connectivity index (χ4n) is 4.05. The highest BCUT2D eigenvalue weighted by Gasteiger charge is 2.27. The molecule has 0 aliphatic carbocycles. The smallest absolute Gasteiger partial charge is 0.259 e. The van der Waals surface area contributed by atoms with Gasteiger partial charge in [-0.15, -0.1) is 0 Å². The van der Waals surface area contributed by atoms with Gasteiger partial charge >= 0.3 is 0 Å². The molecule has 0 spiro atoms. The van der Waals surface area contributed by atoms with Gasteiger partial charge in [0.2, 0.25) is 5.43 Å². The quantitative estimate of drug-likeness (QED) is 0.605. The molecule has 168 valence electrons. The maximum Gasteiger partial charge on any atom is 0.259 e. The average molecular weight is 445 g/mol. The maximum atomic E-state index is 14.8. The molecule has 4 rings (SSSR count). The van der Waals surface area contributed by atoms with E-state index in [-0.39, 0.29) is 23.0 Å². The van der Waals surface area contributed by atoms with E-state index in [1.54, 1.807) is 0 Å². The van der Waals surface area contributed by atoms with Crippen molar-refractivity contribution in [3.8, 4) is 5.75 Å². The molecule has 2 aromatic carbocycles. The second-order valence-electron chi connectivity index (χ2n) is 7.47. The summed E-state index contributed by atoms with van der Waals surface area (Å²) >= 11 is 0. The number of pyridine rings is 1. The minimum Gasteiger partial charge on any atom is -0.491 e. The van der Waals surface area contributed by atoms with Crippen LogP contribution in [0.25, 0.3) is 10.9 Å². The topological polar surface area (TPSA) is 54.8 Å². The number of nitrogens with zero attached hydrogens (tertiary/aromatic N) is 3. The van der Waals surface area contributed by atoms with Crippen LogP contribution in [0.5, 0.6) is 5.75 Å². The van der Waals surface area contributed by atoms with Gasteiger partial charge in [-0.05, 0) is 18.2 Å². The van der Waals surface area contributed by atoms with Crippen molar-refractivity contribution in [1.29, 1.82) is 0 Å². The third-order valence-electron chi connectivity index (χ3n) is 5.66. The van der Waals surface area contributed by atoms with Gasteiger partial charge in [0, 0.05) is 38.1 Å². The fraction of sp³-hybridized carbons (Fsp3) is 0.304. The van der Waals surface area contributed by atoms with E-state index in [2.05, 4.69) is 4.90 Å². The average Bonchev–Trinajstić information content (AvgIpc) is 2.81. The number of aromatic nitrogens is 1. The lowest BCUT2D eigenvalue weighted by atomic mass is 10.1. The highest BCUT2D eigenvalue weighted by atomic mass is 19.1. The lowest BCUT2D eigenvalue weighted by molar-refractivity contribution is 0.0744. The lowest BCUT2D eigenvalue weighted by Gasteiger charge is -2.36. The molecule has 32 heavy (non-hydrogen) atoms. The number of hydrogen-bond acceptors (Lipinski definition) is 4. The summed E-state index contributed by atoms with van der Waals surface area (Å²) < 4.78 is 48.1. The van der Waals surface area contributed by atoms with Crippen molar-refractivity contribution < 1.29 is 22.7 Å². The number of benzene rings is 2. The molecule has 0 N–H and O–H groups in total. The molecule has 1 aliphatic heterocycles. The Morgan fingerprint density at radius 2 is 1.78 bits per heavy atom. The third kappa shape index (κ3) is 3.79. The van der Waals surface area contributed by atoms with Gasteiger partial charge in [-0.2, -0.15) is 0 Å². The number of methoxy groups -OCH3 is 1. The van der Waals surface area contributed by atoms with E-state index in [1.165, 1.54) is 4.90 Å². The Morgan fingerprint density at radius 1 is 1.09 bits per heavy atom. The molecule has 1 aliphatic rings. The Kier molecular flexibility index (Phi) is 6.07. The number of piperazine rings is 1. The highest BCUT2D eigenvalue weighted by molar-refractivity contribution is 5.97. The Labute approximate surface area is 182 Å². The molecule has 3 aromatic rings. The Bertz CT molecular complexity index is 1210. The van der Waals surface area contributed by atoms with E-state index in [1.807, 2.05) is 30.3 Å². The maximum absolute atomic E-state index is 14.8. The highest BCUT2D eigenvalue weighted by Crippen LogP contribution is 2.29. The number of fused-ring (bicyclic) bond motifs is 1.